The second-order valence-corrected chi connectivity index (χ2v) is 7.02. The van der Waals surface area contributed by atoms with Gasteiger partial charge in [0.05, 0.1) is 23.4 Å². The van der Waals surface area contributed by atoms with Crippen LogP contribution in [0.1, 0.15) is 39.9 Å². The van der Waals surface area contributed by atoms with Crippen LogP contribution in [0.4, 0.5) is 5.69 Å². The highest BCUT2D eigenvalue weighted by Crippen LogP contribution is 2.33. The zero-order chi connectivity index (χ0) is 21.3. The van der Waals surface area contributed by atoms with Crippen LogP contribution in [0, 0.1) is 22.7 Å². The maximum atomic E-state index is 12.6. The van der Waals surface area contributed by atoms with Crippen LogP contribution < -0.4 is 11.1 Å². The molecule has 1 aliphatic rings. The third kappa shape index (κ3) is 3.25. The fourth-order valence-corrected chi connectivity index (χ4v) is 3.37. The van der Waals surface area contributed by atoms with Crippen molar-refractivity contribution in [1.82, 2.24) is 14.5 Å². The Bertz CT molecular complexity index is 1260. The largest absolute Gasteiger partial charge is 0.381 e. The SMILES string of the molecule is CC1(c2ccc(C#N)c(NC(=O)c3ccc(C#N)cn3)c2)Cn2ccnc2C(N)=N1. The summed E-state index contributed by atoms with van der Waals surface area (Å²) >= 11 is 0. The van der Waals surface area contributed by atoms with Gasteiger partial charge < -0.3 is 15.6 Å². The molecule has 9 heteroatoms. The summed E-state index contributed by atoms with van der Waals surface area (Å²) < 4.78 is 1.92. The van der Waals surface area contributed by atoms with Crippen LogP contribution in [-0.2, 0) is 12.1 Å². The lowest BCUT2D eigenvalue weighted by molar-refractivity contribution is 0.102. The molecule has 1 aliphatic heterocycles. The number of amidine groups is 1. The first-order valence-corrected chi connectivity index (χ1v) is 9.02. The molecule has 30 heavy (non-hydrogen) atoms. The van der Waals surface area contributed by atoms with Crippen molar-refractivity contribution in [3.05, 3.63) is 77.1 Å². The van der Waals surface area contributed by atoms with Gasteiger partial charge in [0.25, 0.3) is 5.91 Å². The number of aliphatic imine (C=N–C) groups is 1. The van der Waals surface area contributed by atoms with E-state index in [4.69, 9.17) is 11.0 Å². The number of nitriles is 2. The van der Waals surface area contributed by atoms with Crippen molar-refractivity contribution >= 4 is 17.4 Å². The van der Waals surface area contributed by atoms with E-state index in [0.717, 1.165) is 5.56 Å². The first kappa shape index (κ1) is 18.8. The Kier molecular flexibility index (Phi) is 4.49. The number of anilines is 1. The number of rotatable bonds is 3. The molecule has 1 atom stereocenters. The number of nitrogens with one attached hydrogen (secondary N) is 1. The second kappa shape index (κ2) is 7.15. The molecule has 2 aromatic heterocycles. The van der Waals surface area contributed by atoms with Crippen LogP contribution >= 0.6 is 0 Å². The highest BCUT2D eigenvalue weighted by Gasteiger charge is 2.33. The van der Waals surface area contributed by atoms with E-state index < -0.39 is 11.4 Å². The van der Waals surface area contributed by atoms with Gasteiger partial charge in [-0.05, 0) is 36.8 Å². The molecule has 0 saturated heterocycles. The van der Waals surface area contributed by atoms with E-state index in [1.54, 1.807) is 24.4 Å². The number of carbonyl (C=O) groups is 1. The summed E-state index contributed by atoms with van der Waals surface area (Å²) in [5.74, 6) is 0.453. The minimum Gasteiger partial charge on any atom is -0.381 e. The van der Waals surface area contributed by atoms with E-state index in [2.05, 4.69) is 26.3 Å². The van der Waals surface area contributed by atoms with Crippen molar-refractivity contribution in [2.24, 2.45) is 10.7 Å². The Morgan fingerprint density at radius 2 is 2.07 bits per heavy atom. The lowest BCUT2D eigenvalue weighted by Crippen LogP contribution is -2.37. The van der Waals surface area contributed by atoms with Gasteiger partial charge >= 0.3 is 0 Å². The zero-order valence-electron chi connectivity index (χ0n) is 16.0. The van der Waals surface area contributed by atoms with Gasteiger partial charge in [-0.2, -0.15) is 10.5 Å². The molecule has 1 unspecified atom stereocenters. The summed E-state index contributed by atoms with van der Waals surface area (Å²) in [6, 6.07) is 12.1. The van der Waals surface area contributed by atoms with Crippen molar-refractivity contribution in [3.63, 3.8) is 0 Å². The molecule has 0 radical (unpaired) electrons. The fourth-order valence-electron chi connectivity index (χ4n) is 3.37. The third-order valence-corrected chi connectivity index (χ3v) is 4.93. The van der Waals surface area contributed by atoms with Crippen molar-refractivity contribution in [1.29, 1.82) is 10.5 Å². The predicted molar refractivity (Wildman–Crippen MR) is 108 cm³/mol. The quantitative estimate of drug-likeness (QED) is 0.691. The molecule has 0 aliphatic carbocycles. The molecule has 4 rings (SSSR count). The Morgan fingerprint density at radius 1 is 1.23 bits per heavy atom. The number of nitrogens with two attached hydrogens (primary N) is 1. The van der Waals surface area contributed by atoms with E-state index in [1.165, 1.54) is 18.3 Å². The summed E-state index contributed by atoms with van der Waals surface area (Å²) in [4.78, 5) is 25.4. The smallest absolute Gasteiger partial charge is 0.274 e. The third-order valence-electron chi connectivity index (χ3n) is 4.93. The number of carbonyl (C=O) groups excluding carboxylic acids is 1. The van der Waals surface area contributed by atoms with Gasteiger partial charge in [-0.25, -0.2) is 9.97 Å². The first-order chi connectivity index (χ1) is 14.4. The van der Waals surface area contributed by atoms with Crippen molar-refractivity contribution in [2.75, 3.05) is 5.32 Å². The molecule has 9 nitrogen and oxygen atoms in total. The molecular formula is C21H16N8O. The van der Waals surface area contributed by atoms with E-state index in [9.17, 15) is 10.1 Å². The average molecular weight is 396 g/mol. The summed E-state index contributed by atoms with van der Waals surface area (Å²) in [5.41, 5.74) is 7.32. The van der Waals surface area contributed by atoms with Gasteiger partial charge in [-0.15, -0.1) is 0 Å². The summed E-state index contributed by atoms with van der Waals surface area (Å²) in [6.07, 6.45) is 4.82. The number of aromatic nitrogens is 3. The molecule has 1 aromatic carbocycles. The summed E-state index contributed by atoms with van der Waals surface area (Å²) in [7, 11) is 0. The molecular weight excluding hydrogens is 380 g/mol. The topological polar surface area (TPSA) is 146 Å². The number of benzene rings is 1. The van der Waals surface area contributed by atoms with Crippen LogP contribution in [-0.4, -0.2) is 26.3 Å². The number of pyridine rings is 1. The standard InChI is InChI=1S/C21H16N8O/c1-21(12-29-7-6-25-19(29)18(24)28-21)15-4-3-14(10-23)17(8-15)27-20(30)16-5-2-13(9-22)11-26-16/h2-8,11H,12H2,1H3,(H2,24,28)(H,27,30). The minimum absolute atomic E-state index is 0.137. The van der Waals surface area contributed by atoms with Crippen LogP contribution in [0.5, 0.6) is 0 Å². The second-order valence-electron chi connectivity index (χ2n) is 7.02. The van der Waals surface area contributed by atoms with E-state index in [-0.39, 0.29) is 5.69 Å². The Labute approximate surface area is 172 Å². The Morgan fingerprint density at radius 3 is 2.77 bits per heavy atom. The highest BCUT2D eigenvalue weighted by atomic mass is 16.1. The normalized spacial score (nSPS) is 17.2. The number of nitrogens with zero attached hydrogens (tertiary/aromatic N) is 6. The first-order valence-electron chi connectivity index (χ1n) is 9.02. The molecule has 1 amide bonds. The lowest BCUT2D eigenvalue weighted by atomic mass is 9.90. The molecule has 3 aromatic rings. The number of hydrogen-bond acceptors (Lipinski definition) is 7. The summed E-state index contributed by atoms with van der Waals surface area (Å²) in [5, 5.41) is 21.1. The van der Waals surface area contributed by atoms with Crippen molar-refractivity contribution < 1.29 is 4.79 Å². The Balaban J connectivity index is 1.67. The van der Waals surface area contributed by atoms with Gasteiger partial charge in [0, 0.05) is 18.6 Å². The van der Waals surface area contributed by atoms with Crippen LogP contribution in [0.15, 0.2) is 53.9 Å². The maximum Gasteiger partial charge on any atom is 0.274 e. The highest BCUT2D eigenvalue weighted by molar-refractivity contribution is 6.03. The number of amides is 1. The lowest BCUT2D eigenvalue weighted by Gasteiger charge is -2.31. The Hall–Kier alpha value is -4.50. The number of hydrogen-bond donors (Lipinski definition) is 2. The van der Waals surface area contributed by atoms with E-state index >= 15 is 0 Å². The zero-order valence-corrected chi connectivity index (χ0v) is 16.0. The van der Waals surface area contributed by atoms with E-state index in [0.29, 0.717) is 35.0 Å². The predicted octanol–water partition coefficient (Wildman–Crippen LogP) is 1.91. The van der Waals surface area contributed by atoms with E-state index in [1.807, 2.05) is 23.8 Å². The molecule has 3 N–H and O–H groups in total. The number of imidazole rings is 1. The van der Waals surface area contributed by atoms with Gasteiger partial charge in [-0.3, -0.25) is 9.79 Å². The van der Waals surface area contributed by atoms with Crippen LogP contribution in [0.2, 0.25) is 0 Å². The van der Waals surface area contributed by atoms with Gasteiger partial charge in [0.15, 0.2) is 11.7 Å². The molecule has 0 fully saturated rings. The van der Waals surface area contributed by atoms with Crippen LogP contribution in [0.25, 0.3) is 0 Å². The monoisotopic (exact) mass is 396 g/mol. The average Bonchev–Trinajstić information content (AvgIpc) is 3.22. The molecule has 0 spiro atoms. The van der Waals surface area contributed by atoms with Gasteiger partial charge in [0.1, 0.15) is 23.4 Å². The minimum atomic E-state index is -0.696. The summed E-state index contributed by atoms with van der Waals surface area (Å²) in [6.45, 7) is 2.44. The van der Waals surface area contributed by atoms with Gasteiger partial charge in [0.2, 0.25) is 0 Å². The van der Waals surface area contributed by atoms with Crippen LogP contribution in [0.3, 0.4) is 0 Å². The molecule has 3 heterocycles. The maximum absolute atomic E-state index is 12.6. The fraction of sp³-hybridized carbons (Fsp3) is 0.143. The van der Waals surface area contributed by atoms with Crippen molar-refractivity contribution in [2.45, 2.75) is 19.0 Å². The molecule has 0 bridgehead atoms. The molecule has 146 valence electrons. The number of fused-ring (bicyclic) bond motifs is 1. The van der Waals surface area contributed by atoms with Gasteiger partial charge in [-0.1, -0.05) is 6.07 Å². The molecule has 0 saturated carbocycles. The van der Waals surface area contributed by atoms with Crippen molar-refractivity contribution in [3.8, 4) is 12.1 Å².